The van der Waals surface area contributed by atoms with E-state index in [4.69, 9.17) is 0 Å². The molecule has 0 N–H and O–H groups in total. The number of benzene rings is 1. The number of aryl methyl sites for hydroxylation is 1. The first-order valence-electron chi connectivity index (χ1n) is 5.78. The van der Waals surface area contributed by atoms with Crippen LogP contribution in [0.2, 0.25) is 0 Å². The molecular weight excluding hydrogens is 240 g/mol. The molecule has 0 saturated carbocycles. The van der Waals surface area contributed by atoms with Crippen LogP contribution in [-0.2, 0) is 0 Å². The van der Waals surface area contributed by atoms with Gasteiger partial charge in [0.25, 0.3) is 0 Å². The number of hydrogen-bond acceptors (Lipinski definition) is 3. The van der Waals surface area contributed by atoms with Crippen molar-refractivity contribution in [2.45, 2.75) is 6.92 Å². The number of fused-ring (bicyclic) bond motifs is 1. The highest BCUT2D eigenvalue weighted by Gasteiger charge is 2.01. The maximum Gasteiger partial charge on any atom is 0.144 e. The molecule has 0 radical (unpaired) electrons. The molecule has 0 amide bonds. The van der Waals surface area contributed by atoms with Gasteiger partial charge in [-0.15, -0.1) is 0 Å². The maximum absolute atomic E-state index is 4.58. The fraction of sp³-hybridized carbons (Fsp3) is 0.0667. The Hall–Kier alpha value is -2.00. The van der Waals surface area contributed by atoms with E-state index in [-0.39, 0.29) is 0 Å². The van der Waals surface area contributed by atoms with Crippen molar-refractivity contribution in [1.29, 1.82) is 0 Å². The summed E-state index contributed by atoms with van der Waals surface area (Å²) in [5, 5.41) is 1.06. The molecule has 0 aliphatic carbocycles. The number of pyridine rings is 1. The lowest BCUT2D eigenvalue weighted by Crippen LogP contribution is -1.79. The molecule has 2 aromatic heterocycles. The molecule has 0 aliphatic rings. The third kappa shape index (κ3) is 2.31. The van der Waals surface area contributed by atoms with Gasteiger partial charge in [0.2, 0.25) is 0 Å². The Morgan fingerprint density at radius 1 is 0.944 bits per heavy atom. The molecule has 2 nitrogen and oxygen atoms in total. The van der Waals surface area contributed by atoms with Gasteiger partial charge in [0.1, 0.15) is 10.3 Å². The van der Waals surface area contributed by atoms with E-state index in [2.05, 4.69) is 28.2 Å². The van der Waals surface area contributed by atoms with Crippen molar-refractivity contribution in [3.05, 3.63) is 58.7 Å². The number of rotatable bonds is 2. The zero-order valence-corrected chi connectivity index (χ0v) is 10.8. The number of nitrogens with zero attached hydrogens (tertiary/aromatic N) is 2. The second-order valence-electron chi connectivity index (χ2n) is 4.04. The normalized spacial score (nSPS) is 11.4. The van der Waals surface area contributed by atoms with E-state index < -0.39 is 0 Å². The van der Waals surface area contributed by atoms with Crippen molar-refractivity contribution in [2.24, 2.45) is 0 Å². The first-order valence-corrected chi connectivity index (χ1v) is 6.60. The summed E-state index contributed by atoms with van der Waals surface area (Å²) in [4.78, 5) is 9.99. The molecule has 0 spiro atoms. The molecule has 2 heterocycles. The topological polar surface area (TPSA) is 25.8 Å². The Bertz CT molecular complexity index is 699. The van der Waals surface area contributed by atoms with Crippen LogP contribution < -0.4 is 0 Å². The number of thiazole rings is 1. The van der Waals surface area contributed by atoms with Crippen molar-refractivity contribution < 1.29 is 0 Å². The van der Waals surface area contributed by atoms with Gasteiger partial charge in [0.05, 0.1) is 10.7 Å². The molecule has 0 saturated heterocycles. The molecular formula is C15H12N2S. The van der Waals surface area contributed by atoms with Crippen molar-refractivity contribution in [2.75, 3.05) is 0 Å². The zero-order chi connectivity index (χ0) is 12.4. The van der Waals surface area contributed by atoms with Crippen LogP contribution in [0.5, 0.6) is 0 Å². The van der Waals surface area contributed by atoms with Crippen LogP contribution in [0.1, 0.15) is 16.3 Å². The van der Waals surface area contributed by atoms with E-state index >= 15 is 0 Å². The fourth-order valence-electron chi connectivity index (χ4n) is 1.78. The average Bonchev–Trinajstić information content (AvgIpc) is 2.77. The monoisotopic (exact) mass is 252 g/mol. The first-order chi connectivity index (χ1) is 8.81. The average molecular weight is 252 g/mol. The standard InChI is InChI=1S/C15H12N2S/c1-11-16-14-10-9-13(17-15(14)18-11)8-7-12-5-3-2-4-6-12/h2-10H,1H3. The Labute approximate surface area is 110 Å². The second-order valence-corrected chi connectivity index (χ2v) is 5.22. The van der Waals surface area contributed by atoms with Gasteiger partial charge in [-0.25, -0.2) is 9.97 Å². The Balaban J connectivity index is 1.93. The maximum atomic E-state index is 4.58. The minimum Gasteiger partial charge on any atom is -0.240 e. The third-order valence-electron chi connectivity index (χ3n) is 2.63. The van der Waals surface area contributed by atoms with E-state index in [1.165, 1.54) is 5.56 Å². The smallest absolute Gasteiger partial charge is 0.144 e. The van der Waals surface area contributed by atoms with Crippen LogP contribution in [0.3, 0.4) is 0 Å². The van der Waals surface area contributed by atoms with Gasteiger partial charge in [-0.1, -0.05) is 47.7 Å². The van der Waals surface area contributed by atoms with Gasteiger partial charge in [0, 0.05) is 0 Å². The molecule has 0 bridgehead atoms. The Morgan fingerprint density at radius 2 is 1.78 bits per heavy atom. The molecule has 3 rings (SSSR count). The number of aromatic nitrogens is 2. The van der Waals surface area contributed by atoms with E-state index in [0.717, 1.165) is 21.0 Å². The van der Waals surface area contributed by atoms with Gasteiger partial charge in [-0.05, 0) is 30.7 Å². The zero-order valence-electron chi connectivity index (χ0n) is 10.00. The lowest BCUT2D eigenvalue weighted by Gasteiger charge is -1.93. The lowest BCUT2D eigenvalue weighted by molar-refractivity contribution is 1.32. The predicted octanol–water partition coefficient (Wildman–Crippen LogP) is 4.17. The molecule has 0 fully saturated rings. The molecule has 0 atom stereocenters. The molecule has 0 unspecified atom stereocenters. The highest BCUT2D eigenvalue weighted by Crippen LogP contribution is 2.20. The summed E-state index contributed by atoms with van der Waals surface area (Å²) < 4.78 is 0. The van der Waals surface area contributed by atoms with E-state index in [0.29, 0.717) is 0 Å². The summed E-state index contributed by atoms with van der Waals surface area (Å²) in [7, 11) is 0. The first kappa shape index (κ1) is 11.1. The SMILES string of the molecule is Cc1nc2ccc(C=Cc3ccccc3)nc2s1. The summed E-state index contributed by atoms with van der Waals surface area (Å²) in [6.45, 7) is 2.01. The van der Waals surface area contributed by atoms with Gasteiger partial charge < -0.3 is 0 Å². The van der Waals surface area contributed by atoms with Crippen LogP contribution >= 0.6 is 11.3 Å². The van der Waals surface area contributed by atoms with E-state index in [1.54, 1.807) is 11.3 Å². The van der Waals surface area contributed by atoms with Crippen LogP contribution in [0.15, 0.2) is 42.5 Å². The van der Waals surface area contributed by atoms with Gasteiger partial charge in [-0.3, -0.25) is 0 Å². The van der Waals surface area contributed by atoms with Crippen molar-refractivity contribution in [3.8, 4) is 0 Å². The van der Waals surface area contributed by atoms with Crippen LogP contribution in [0.4, 0.5) is 0 Å². The molecule has 18 heavy (non-hydrogen) atoms. The summed E-state index contributed by atoms with van der Waals surface area (Å²) in [6, 6.07) is 14.3. The Kier molecular flexibility index (Phi) is 2.90. The highest BCUT2D eigenvalue weighted by atomic mass is 32.1. The minimum absolute atomic E-state index is 0.968. The molecule has 3 aromatic rings. The predicted molar refractivity (Wildman–Crippen MR) is 77.5 cm³/mol. The summed E-state index contributed by atoms with van der Waals surface area (Å²) in [6.07, 6.45) is 4.10. The highest BCUT2D eigenvalue weighted by molar-refractivity contribution is 7.18. The molecule has 3 heteroatoms. The quantitative estimate of drug-likeness (QED) is 0.684. The molecule has 0 aliphatic heterocycles. The summed E-state index contributed by atoms with van der Waals surface area (Å²) in [5.41, 5.74) is 3.13. The van der Waals surface area contributed by atoms with Crippen molar-refractivity contribution >= 4 is 33.8 Å². The molecule has 1 aromatic carbocycles. The van der Waals surface area contributed by atoms with Gasteiger partial charge >= 0.3 is 0 Å². The number of hydrogen-bond donors (Lipinski definition) is 0. The van der Waals surface area contributed by atoms with Gasteiger partial charge in [-0.2, -0.15) is 0 Å². The van der Waals surface area contributed by atoms with Crippen LogP contribution in [0.25, 0.3) is 22.5 Å². The van der Waals surface area contributed by atoms with Crippen LogP contribution in [-0.4, -0.2) is 9.97 Å². The summed E-state index contributed by atoms with van der Waals surface area (Å²) in [5.74, 6) is 0. The summed E-state index contributed by atoms with van der Waals surface area (Å²) >= 11 is 1.63. The largest absolute Gasteiger partial charge is 0.240 e. The molecule has 88 valence electrons. The van der Waals surface area contributed by atoms with E-state index in [9.17, 15) is 0 Å². The minimum atomic E-state index is 0.968. The van der Waals surface area contributed by atoms with Crippen molar-refractivity contribution in [3.63, 3.8) is 0 Å². The van der Waals surface area contributed by atoms with Crippen molar-refractivity contribution in [1.82, 2.24) is 9.97 Å². The third-order valence-corrected chi connectivity index (χ3v) is 3.51. The lowest BCUT2D eigenvalue weighted by atomic mass is 10.2. The Morgan fingerprint density at radius 3 is 2.61 bits per heavy atom. The fourth-order valence-corrected chi connectivity index (χ4v) is 2.57. The van der Waals surface area contributed by atoms with E-state index in [1.807, 2.05) is 43.3 Å². The second kappa shape index (κ2) is 4.70. The van der Waals surface area contributed by atoms with Crippen LogP contribution in [0, 0.1) is 6.92 Å². The van der Waals surface area contributed by atoms with Gasteiger partial charge in [0.15, 0.2) is 0 Å².